The van der Waals surface area contributed by atoms with E-state index in [1.54, 1.807) is 0 Å². The minimum Gasteiger partial charge on any atom is -0.395 e. The van der Waals surface area contributed by atoms with Gasteiger partial charge in [0.1, 0.15) is 11.0 Å². The number of aromatic nitrogens is 3. The van der Waals surface area contributed by atoms with Crippen LogP contribution in [0.4, 0.5) is 16.6 Å². The molecule has 0 saturated carbocycles. The fraction of sp³-hybridized carbons (Fsp3) is 0.321. The summed E-state index contributed by atoms with van der Waals surface area (Å²) >= 11 is 1.50. The predicted molar refractivity (Wildman–Crippen MR) is 152 cm³/mol. The lowest BCUT2D eigenvalue weighted by Gasteiger charge is -2.26. The highest BCUT2D eigenvalue weighted by molar-refractivity contribution is 7.22. The molecule has 0 spiro atoms. The first-order valence-corrected chi connectivity index (χ1v) is 12.5. The largest absolute Gasteiger partial charge is 0.395 e. The highest BCUT2D eigenvalue weighted by Crippen LogP contribution is 2.32. The summed E-state index contributed by atoms with van der Waals surface area (Å²) in [6.45, 7) is 9.91. The standard InChI is InChI=1S/C26H32N6OS.C2H2/c1-6-20(7-2)10-9-18(4)29-24-23-25(28-17-27-24)31-26(34-23)30-22-13-11-21(12-14-22)15-32(8-3)19(5)16-33;1-2/h1,7,9,11-14,17,19,33H,8,10,15-16H2,2-5H3,(H2,27,28,29,30,31);1-2H/b18-9+,20-7-;/t19-;/m0./s1. The first kappa shape index (κ1) is 28.5. The van der Waals surface area contributed by atoms with Gasteiger partial charge in [0.05, 0.1) is 6.61 Å². The smallest absolute Gasteiger partial charge is 0.189 e. The molecule has 0 bridgehead atoms. The van der Waals surface area contributed by atoms with E-state index in [-0.39, 0.29) is 12.6 Å². The molecule has 8 heteroatoms. The number of hydrogen-bond acceptors (Lipinski definition) is 8. The van der Waals surface area contributed by atoms with E-state index >= 15 is 0 Å². The molecule has 7 nitrogen and oxygen atoms in total. The van der Waals surface area contributed by atoms with Crippen molar-refractivity contribution in [3.63, 3.8) is 0 Å². The van der Waals surface area contributed by atoms with E-state index in [4.69, 9.17) is 6.42 Å². The van der Waals surface area contributed by atoms with Crippen LogP contribution < -0.4 is 10.6 Å². The van der Waals surface area contributed by atoms with Crippen LogP contribution in [0.15, 0.2) is 54.0 Å². The summed E-state index contributed by atoms with van der Waals surface area (Å²) in [5.74, 6) is 3.41. The maximum Gasteiger partial charge on any atom is 0.189 e. The summed E-state index contributed by atoms with van der Waals surface area (Å²) < 4.78 is 0.883. The van der Waals surface area contributed by atoms with Gasteiger partial charge in [-0.15, -0.1) is 19.3 Å². The summed E-state index contributed by atoms with van der Waals surface area (Å²) in [5.41, 5.74) is 4.69. The number of nitrogens with zero attached hydrogens (tertiary/aromatic N) is 4. The van der Waals surface area contributed by atoms with E-state index in [0.717, 1.165) is 45.7 Å². The predicted octanol–water partition coefficient (Wildman–Crippen LogP) is 5.57. The Balaban J connectivity index is 0.00000222. The van der Waals surface area contributed by atoms with E-state index in [1.807, 2.05) is 45.1 Å². The number of anilines is 3. The van der Waals surface area contributed by atoms with Crippen molar-refractivity contribution < 1.29 is 5.11 Å². The van der Waals surface area contributed by atoms with Crippen LogP contribution >= 0.6 is 11.3 Å². The third-order valence-electron chi connectivity index (χ3n) is 5.55. The monoisotopic (exact) mass is 502 g/mol. The van der Waals surface area contributed by atoms with E-state index in [2.05, 4.69) is 68.3 Å². The highest BCUT2D eigenvalue weighted by Gasteiger charge is 2.13. The van der Waals surface area contributed by atoms with E-state index in [9.17, 15) is 5.11 Å². The van der Waals surface area contributed by atoms with Crippen LogP contribution in [0.5, 0.6) is 0 Å². The molecule has 0 aliphatic rings. The van der Waals surface area contributed by atoms with Gasteiger partial charge in [-0.3, -0.25) is 4.90 Å². The van der Waals surface area contributed by atoms with Gasteiger partial charge in [-0.05, 0) is 51.4 Å². The van der Waals surface area contributed by atoms with Gasteiger partial charge >= 0.3 is 0 Å². The Labute approximate surface area is 218 Å². The molecule has 0 radical (unpaired) electrons. The van der Waals surface area contributed by atoms with Gasteiger partial charge in [0.15, 0.2) is 16.6 Å². The minimum atomic E-state index is 0.135. The average molecular weight is 503 g/mol. The van der Waals surface area contributed by atoms with Gasteiger partial charge in [-0.1, -0.05) is 48.5 Å². The molecule has 0 aliphatic heterocycles. The normalized spacial score (nSPS) is 12.5. The molecule has 3 N–H and O–H groups in total. The Bertz CT molecular complexity index is 1240. The SMILES string of the molecule is C#C.C#C/C(=C/C)C/C=C(\C)Nc1ncnc2nc(Nc3ccc(CN(CC)[C@@H](C)CO)cc3)sc12. The summed E-state index contributed by atoms with van der Waals surface area (Å²) in [6.07, 6.45) is 19.7. The molecule has 2 heterocycles. The van der Waals surface area contributed by atoms with E-state index in [1.165, 1.54) is 23.2 Å². The number of benzene rings is 1. The van der Waals surface area contributed by atoms with Gasteiger partial charge in [0, 0.05) is 29.5 Å². The number of hydrogen-bond donors (Lipinski definition) is 3. The summed E-state index contributed by atoms with van der Waals surface area (Å²) in [6, 6.07) is 8.41. The molecular formula is C28H34N6OS. The van der Waals surface area contributed by atoms with Crippen molar-refractivity contribution >= 4 is 38.3 Å². The number of fused-ring (bicyclic) bond motifs is 1. The summed E-state index contributed by atoms with van der Waals surface area (Å²) in [4.78, 5) is 15.6. The molecule has 3 aromatic rings. The number of nitrogens with one attached hydrogen (secondary N) is 2. The second-order valence-corrected chi connectivity index (χ2v) is 8.98. The highest BCUT2D eigenvalue weighted by atomic mass is 32.1. The molecule has 1 atom stereocenters. The second kappa shape index (κ2) is 14.7. The molecule has 1 aromatic carbocycles. The molecule has 0 aliphatic carbocycles. The maximum absolute atomic E-state index is 9.44. The average Bonchev–Trinajstić information content (AvgIpc) is 3.33. The molecule has 36 heavy (non-hydrogen) atoms. The van der Waals surface area contributed by atoms with Crippen molar-refractivity contribution in [2.45, 2.75) is 46.7 Å². The summed E-state index contributed by atoms with van der Waals surface area (Å²) in [7, 11) is 0. The summed E-state index contributed by atoms with van der Waals surface area (Å²) in [5, 5.41) is 16.9. The Hall–Kier alpha value is -3.69. The lowest BCUT2D eigenvalue weighted by atomic mass is 10.1. The Morgan fingerprint density at radius 3 is 2.58 bits per heavy atom. The molecule has 0 fully saturated rings. The van der Waals surface area contributed by atoms with Crippen molar-refractivity contribution in [2.24, 2.45) is 0 Å². The fourth-order valence-corrected chi connectivity index (χ4v) is 4.29. The van der Waals surface area contributed by atoms with Crippen LogP contribution in [0.25, 0.3) is 10.3 Å². The number of thiazole rings is 1. The molecular weight excluding hydrogens is 468 g/mol. The van der Waals surface area contributed by atoms with Crippen LogP contribution in [0.2, 0.25) is 0 Å². The Morgan fingerprint density at radius 1 is 1.25 bits per heavy atom. The van der Waals surface area contributed by atoms with E-state index < -0.39 is 0 Å². The van der Waals surface area contributed by atoms with Crippen molar-refractivity contribution in [2.75, 3.05) is 23.8 Å². The van der Waals surface area contributed by atoms with Gasteiger partial charge in [0.2, 0.25) is 0 Å². The van der Waals surface area contributed by atoms with Crippen LogP contribution in [-0.2, 0) is 6.54 Å². The Kier molecular flexibility index (Phi) is 11.6. The number of aliphatic hydroxyl groups is 1. The molecule has 0 unspecified atom stereocenters. The number of rotatable bonds is 11. The molecule has 188 valence electrons. The topological polar surface area (TPSA) is 86.2 Å². The third-order valence-corrected chi connectivity index (χ3v) is 6.52. The zero-order chi connectivity index (χ0) is 26.5. The van der Waals surface area contributed by atoms with Crippen molar-refractivity contribution in [1.29, 1.82) is 0 Å². The van der Waals surface area contributed by atoms with Crippen LogP contribution in [0.1, 0.15) is 39.7 Å². The minimum absolute atomic E-state index is 0.135. The van der Waals surface area contributed by atoms with Crippen molar-refractivity contribution in [3.05, 3.63) is 59.6 Å². The van der Waals surface area contributed by atoms with Gasteiger partial charge in [-0.25, -0.2) is 9.97 Å². The van der Waals surface area contributed by atoms with Crippen LogP contribution in [0, 0.1) is 25.2 Å². The number of likely N-dealkylation sites (N-methyl/N-ethyl adjacent to an activating group) is 1. The lowest BCUT2D eigenvalue weighted by Crippen LogP contribution is -2.34. The van der Waals surface area contributed by atoms with Gasteiger partial charge in [0.25, 0.3) is 0 Å². The van der Waals surface area contributed by atoms with Crippen molar-refractivity contribution in [1.82, 2.24) is 19.9 Å². The third kappa shape index (κ3) is 7.93. The maximum atomic E-state index is 9.44. The zero-order valence-electron chi connectivity index (χ0n) is 21.3. The lowest BCUT2D eigenvalue weighted by molar-refractivity contribution is 0.134. The zero-order valence-corrected chi connectivity index (χ0v) is 22.1. The molecule has 2 aromatic heterocycles. The van der Waals surface area contributed by atoms with Gasteiger partial charge < -0.3 is 15.7 Å². The first-order valence-electron chi connectivity index (χ1n) is 11.7. The van der Waals surface area contributed by atoms with Crippen LogP contribution in [0.3, 0.4) is 0 Å². The number of aliphatic hydroxyl groups excluding tert-OH is 1. The number of allylic oxidation sites excluding steroid dienone is 4. The quantitative estimate of drug-likeness (QED) is 0.296. The number of terminal acetylenes is 2. The van der Waals surface area contributed by atoms with E-state index in [0.29, 0.717) is 12.1 Å². The first-order chi connectivity index (χ1) is 17.5. The molecule has 3 rings (SSSR count). The van der Waals surface area contributed by atoms with Crippen molar-refractivity contribution in [3.8, 4) is 25.2 Å². The van der Waals surface area contributed by atoms with Gasteiger partial charge in [-0.2, -0.15) is 4.98 Å². The van der Waals surface area contributed by atoms with Crippen LogP contribution in [-0.4, -0.2) is 44.2 Å². The second-order valence-electron chi connectivity index (χ2n) is 7.99. The molecule has 0 saturated heterocycles. The molecule has 0 amide bonds. The Morgan fingerprint density at radius 2 is 1.97 bits per heavy atom. The fourth-order valence-electron chi connectivity index (χ4n) is 3.40.